The predicted molar refractivity (Wildman–Crippen MR) is 122 cm³/mol. The maximum atomic E-state index is 14.0. The third-order valence-electron chi connectivity index (χ3n) is 6.70. The monoisotopic (exact) mass is 465 g/mol. The van der Waals surface area contributed by atoms with Gasteiger partial charge >= 0.3 is 6.09 Å². The molecule has 1 fully saturated rings. The van der Waals surface area contributed by atoms with Crippen LogP contribution in [0, 0.1) is 0 Å². The molecule has 0 N–H and O–H groups in total. The van der Waals surface area contributed by atoms with Crippen LogP contribution in [0.1, 0.15) is 40.4 Å². The number of ether oxygens (including phenoxy) is 3. The Balaban J connectivity index is 1.48. The summed E-state index contributed by atoms with van der Waals surface area (Å²) in [5.74, 6) is 0.458. The van der Waals surface area contributed by atoms with E-state index in [1.165, 1.54) is 0 Å². The van der Waals surface area contributed by atoms with E-state index >= 15 is 0 Å². The van der Waals surface area contributed by atoms with Crippen molar-refractivity contribution in [2.24, 2.45) is 0 Å². The molecule has 3 aliphatic rings. The van der Waals surface area contributed by atoms with E-state index in [4.69, 9.17) is 14.2 Å². The lowest BCUT2D eigenvalue weighted by molar-refractivity contribution is -0.136. The molecule has 1 saturated heterocycles. The fourth-order valence-electron chi connectivity index (χ4n) is 4.98. The molecule has 34 heavy (non-hydrogen) atoms. The van der Waals surface area contributed by atoms with Crippen LogP contribution in [-0.4, -0.2) is 79.2 Å². The van der Waals surface area contributed by atoms with Gasteiger partial charge in [0.25, 0.3) is 5.91 Å². The second kappa shape index (κ2) is 8.89. The summed E-state index contributed by atoms with van der Waals surface area (Å²) in [7, 11) is 1.73. The van der Waals surface area contributed by atoms with Gasteiger partial charge in [-0.3, -0.25) is 9.59 Å². The molecule has 0 spiro atoms. The Labute approximate surface area is 197 Å². The number of hydrogen-bond acceptors (Lipinski definition) is 6. The summed E-state index contributed by atoms with van der Waals surface area (Å²) in [6, 6.07) is 12.3. The summed E-state index contributed by atoms with van der Waals surface area (Å²) in [5, 5.41) is 0. The van der Waals surface area contributed by atoms with Gasteiger partial charge in [-0.1, -0.05) is 24.3 Å². The van der Waals surface area contributed by atoms with E-state index in [9.17, 15) is 14.4 Å². The maximum absolute atomic E-state index is 14.0. The second-order valence-electron chi connectivity index (χ2n) is 8.55. The number of benzene rings is 2. The quantitative estimate of drug-likeness (QED) is 0.693. The lowest BCUT2D eigenvalue weighted by Crippen LogP contribution is -2.54. The van der Waals surface area contributed by atoms with Crippen molar-refractivity contribution < 1.29 is 28.6 Å². The first-order valence-electron chi connectivity index (χ1n) is 11.5. The normalized spacial score (nSPS) is 21.4. The Bertz CT molecular complexity index is 1130. The van der Waals surface area contributed by atoms with Gasteiger partial charge in [0.2, 0.25) is 12.7 Å². The van der Waals surface area contributed by atoms with Crippen LogP contribution in [-0.2, 0) is 9.53 Å². The predicted octanol–water partition coefficient (Wildman–Crippen LogP) is 2.63. The number of amides is 3. The Morgan fingerprint density at radius 1 is 1.00 bits per heavy atom. The van der Waals surface area contributed by atoms with Gasteiger partial charge in [0.05, 0.1) is 18.6 Å². The van der Waals surface area contributed by atoms with Gasteiger partial charge in [0.15, 0.2) is 11.5 Å². The average Bonchev–Trinajstić information content (AvgIpc) is 3.34. The van der Waals surface area contributed by atoms with Gasteiger partial charge in [-0.15, -0.1) is 0 Å². The number of carbonyl (C=O) groups excluding carboxylic acids is 3. The van der Waals surface area contributed by atoms with Crippen LogP contribution in [0.15, 0.2) is 42.5 Å². The van der Waals surface area contributed by atoms with Crippen LogP contribution in [0.2, 0.25) is 0 Å². The first-order valence-corrected chi connectivity index (χ1v) is 11.5. The summed E-state index contributed by atoms with van der Waals surface area (Å²) in [5.41, 5.74) is 2.05. The molecular weight excluding hydrogens is 438 g/mol. The second-order valence-corrected chi connectivity index (χ2v) is 8.55. The summed E-state index contributed by atoms with van der Waals surface area (Å²) >= 11 is 0. The minimum Gasteiger partial charge on any atom is -0.454 e. The van der Waals surface area contributed by atoms with Crippen molar-refractivity contribution in [1.82, 2.24) is 14.7 Å². The van der Waals surface area contributed by atoms with E-state index in [1.807, 2.05) is 36.4 Å². The van der Waals surface area contributed by atoms with E-state index in [0.717, 1.165) is 5.56 Å². The summed E-state index contributed by atoms with van der Waals surface area (Å²) in [6.07, 6.45) is -0.360. The van der Waals surface area contributed by atoms with E-state index in [-0.39, 0.29) is 24.7 Å². The van der Waals surface area contributed by atoms with E-state index in [2.05, 4.69) is 0 Å². The number of hydrogen-bond donors (Lipinski definition) is 0. The highest BCUT2D eigenvalue weighted by atomic mass is 16.7. The van der Waals surface area contributed by atoms with Gasteiger partial charge in [-0.2, -0.15) is 0 Å². The van der Waals surface area contributed by atoms with Crippen LogP contribution in [0.25, 0.3) is 0 Å². The number of likely N-dealkylation sites (N-methyl/N-ethyl adjacent to an activating group) is 1. The molecule has 2 aromatic rings. The van der Waals surface area contributed by atoms with Crippen LogP contribution < -0.4 is 9.47 Å². The van der Waals surface area contributed by atoms with Crippen LogP contribution in [0.5, 0.6) is 11.5 Å². The topological polar surface area (TPSA) is 88.6 Å². The molecule has 0 saturated carbocycles. The summed E-state index contributed by atoms with van der Waals surface area (Å²) in [6.45, 7) is 3.85. The van der Waals surface area contributed by atoms with Crippen LogP contribution in [0.4, 0.5) is 4.79 Å². The molecule has 0 aromatic heterocycles. The fourth-order valence-corrected chi connectivity index (χ4v) is 4.98. The van der Waals surface area contributed by atoms with Gasteiger partial charge in [0.1, 0.15) is 0 Å². The van der Waals surface area contributed by atoms with E-state index in [1.54, 1.807) is 34.7 Å². The largest absolute Gasteiger partial charge is 0.454 e. The zero-order valence-electron chi connectivity index (χ0n) is 19.2. The van der Waals surface area contributed by atoms with Gasteiger partial charge in [-0.25, -0.2) is 4.79 Å². The molecule has 0 radical (unpaired) electrons. The number of rotatable bonds is 3. The Morgan fingerprint density at radius 2 is 1.71 bits per heavy atom. The highest BCUT2D eigenvalue weighted by molar-refractivity contribution is 6.01. The Kier molecular flexibility index (Phi) is 5.77. The van der Waals surface area contributed by atoms with Crippen LogP contribution in [0.3, 0.4) is 0 Å². The maximum Gasteiger partial charge on any atom is 0.409 e. The number of carbonyl (C=O) groups is 3. The van der Waals surface area contributed by atoms with Crippen molar-refractivity contribution >= 4 is 17.9 Å². The first kappa shape index (κ1) is 22.1. The lowest BCUT2D eigenvalue weighted by atomic mass is 9.79. The Morgan fingerprint density at radius 3 is 2.47 bits per heavy atom. The molecule has 9 heteroatoms. The molecule has 3 amide bonds. The smallest absolute Gasteiger partial charge is 0.409 e. The fraction of sp³-hybridized carbons (Fsp3) is 0.400. The SMILES string of the molecule is CCOC(=O)N1CCN(C(=O)[C@H]2c3ccccc3C(=O)N(C)[C@H]2c2ccc3c(c2)OCO3)CC1. The molecule has 0 aliphatic carbocycles. The molecule has 3 aliphatic heterocycles. The molecule has 178 valence electrons. The third-order valence-corrected chi connectivity index (χ3v) is 6.70. The van der Waals surface area contributed by atoms with Crippen molar-refractivity contribution in [2.45, 2.75) is 18.9 Å². The summed E-state index contributed by atoms with van der Waals surface area (Å²) in [4.78, 5) is 44.3. The zero-order valence-corrected chi connectivity index (χ0v) is 19.2. The summed E-state index contributed by atoms with van der Waals surface area (Å²) < 4.78 is 16.1. The Hall–Kier alpha value is -3.75. The lowest BCUT2D eigenvalue weighted by Gasteiger charge is -2.43. The molecular formula is C25H27N3O6. The zero-order chi connectivity index (χ0) is 23.8. The van der Waals surface area contributed by atoms with Crippen molar-refractivity contribution in [3.8, 4) is 11.5 Å². The molecule has 2 aromatic carbocycles. The molecule has 9 nitrogen and oxygen atoms in total. The van der Waals surface area contributed by atoms with E-state index < -0.39 is 12.0 Å². The van der Waals surface area contributed by atoms with Crippen LogP contribution >= 0.6 is 0 Å². The first-order chi connectivity index (χ1) is 16.5. The minimum absolute atomic E-state index is 0.0713. The van der Waals surface area contributed by atoms with Crippen molar-refractivity contribution in [3.63, 3.8) is 0 Å². The molecule has 3 heterocycles. The number of fused-ring (bicyclic) bond motifs is 2. The van der Waals surface area contributed by atoms with Crippen molar-refractivity contribution in [1.29, 1.82) is 0 Å². The third kappa shape index (κ3) is 3.70. The van der Waals surface area contributed by atoms with Gasteiger partial charge in [0, 0.05) is 38.8 Å². The number of piperazine rings is 1. The van der Waals surface area contributed by atoms with Crippen molar-refractivity contribution in [3.05, 3.63) is 59.2 Å². The molecule has 5 rings (SSSR count). The van der Waals surface area contributed by atoms with Gasteiger partial charge in [-0.05, 0) is 36.2 Å². The molecule has 0 bridgehead atoms. The molecule has 0 unspecified atom stereocenters. The highest BCUT2D eigenvalue weighted by Crippen LogP contribution is 2.45. The standard InChI is InChI=1S/C25H27N3O6/c1-3-32-25(31)28-12-10-27(11-13-28)24(30)21-17-6-4-5-7-18(17)23(29)26(2)22(21)16-8-9-19-20(14-16)34-15-33-19/h4-9,14,21-22H,3,10-13,15H2,1-2H3/t21-,22-/m0/s1. The molecule has 2 atom stereocenters. The van der Waals surface area contributed by atoms with E-state index in [0.29, 0.717) is 55.4 Å². The highest BCUT2D eigenvalue weighted by Gasteiger charge is 2.45. The average molecular weight is 466 g/mol. The van der Waals surface area contributed by atoms with Crippen molar-refractivity contribution in [2.75, 3.05) is 46.6 Å². The number of nitrogens with zero attached hydrogens (tertiary/aromatic N) is 3. The van der Waals surface area contributed by atoms with Gasteiger partial charge < -0.3 is 28.9 Å². The minimum atomic E-state index is -0.589.